The lowest BCUT2D eigenvalue weighted by atomic mass is 10.1. The number of hydrogen-bond acceptors (Lipinski definition) is 3. The molecule has 3 nitrogen and oxygen atoms in total. The zero-order valence-corrected chi connectivity index (χ0v) is 12.1. The first kappa shape index (κ1) is 12.9. The van der Waals surface area contributed by atoms with Crippen molar-refractivity contribution in [3.05, 3.63) is 52.5 Å². The number of fused-ring (bicyclic) bond motifs is 1. The molecular weight excluding hydrogens is 270 g/mol. The highest BCUT2D eigenvalue weighted by Gasteiger charge is 2.09. The Balaban J connectivity index is 2.26. The van der Waals surface area contributed by atoms with E-state index >= 15 is 0 Å². The van der Waals surface area contributed by atoms with Gasteiger partial charge >= 0.3 is 0 Å². The summed E-state index contributed by atoms with van der Waals surface area (Å²) in [6.07, 6.45) is 0. The van der Waals surface area contributed by atoms with Crippen LogP contribution in [0, 0.1) is 13.8 Å². The van der Waals surface area contributed by atoms with Crippen LogP contribution < -0.4 is 5.73 Å². The molecule has 0 aliphatic heterocycles. The number of benzene rings is 2. The molecule has 0 amide bonds. The molecule has 100 valence electrons. The van der Waals surface area contributed by atoms with E-state index in [1.165, 1.54) is 0 Å². The average Bonchev–Trinajstić information content (AvgIpc) is 2.43. The molecule has 2 N–H and O–H groups in total. The second kappa shape index (κ2) is 4.76. The number of rotatable bonds is 1. The summed E-state index contributed by atoms with van der Waals surface area (Å²) in [6.45, 7) is 3.98. The van der Waals surface area contributed by atoms with Gasteiger partial charge in [0, 0.05) is 16.0 Å². The van der Waals surface area contributed by atoms with Crippen LogP contribution in [0.3, 0.4) is 0 Å². The molecule has 0 atom stereocenters. The van der Waals surface area contributed by atoms with Gasteiger partial charge in [-0.1, -0.05) is 35.9 Å². The Morgan fingerprint density at radius 2 is 1.80 bits per heavy atom. The fourth-order valence-corrected chi connectivity index (χ4v) is 2.36. The van der Waals surface area contributed by atoms with E-state index in [0.29, 0.717) is 16.7 Å². The van der Waals surface area contributed by atoms with Gasteiger partial charge in [-0.05, 0) is 37.1 Å². The molecule has 0 saturated heterocycles. The van der Waals surface area contributed by atoms with Gasteiger partial charge in [-0.25, -0.2) is 9.97 Å². The Hall–Kier alpha value is -2.13. The van der Waals surface area contributed by atoms with Crippen molar-refractivity contribution in [2.24, 2.45) is 0 Å². The van der Waals surface area contributed by atoms with E-state index in [-0.39, 0.29) is 0 Å². The summed E-state index contributed by atoms with van der Waals surface area (Å²) in [6, 6.07) is 11.7. The number of nitrogens with zero attached hydrogens (tertiary/aromatic N) is 2. The molecule has 1 heterocycles. The van der Waals surface area contributed by atoms with Gasteiger partial charge in [-0.15, -0.1) is 0 Å². The van der Waals surface area contributed by atoms with Gasteiger partial charge in [0.1, 0.15) is 5.82 Å². The molecule has 0 bridgehead atoms. The van der Waals surface area contributed by atoms with Gasteiger partial charge in [0.25, 0.3) is 0 Å². The van der Waals surface area contributed by atoms with Crippen LogP contribution in [0.4, 0.5) is 5.82 Å². The molecule has 3 rings (SSSR count). The van der Waals surface area contributed by atoms with E-state index < -0.39 is 0 Å². The summed E-state index contributed by atoms with van der Waals surface area (Å²) in [5, 5.41) is 1.58. The molecule has 0 saturated carbocycles. The Bertz CT molecular complexity index is 812. The van der Waals surface area contributed by atoms with E-state index in [2.05, 4.69) is 9.97 Å². The summed E-state index contributed by atoms with van der Waals surface area (Å²) >= 11 is 6.17. The largest absolute Gasteiger partial charge is 0.383 e. The molecule has 3 aromatic rings. The first-order valence-electron chi connectivity index (χ1n) is 6.35. The zero-order valence-electron chi connectivity index (χ0n) is 11.3. The third-order valence-electron chi connectivity index (χ3n) is 3.39. The number of hydrogen-bond donors (Lipinski definition) is 1. The maximum atomic E-state index is 6.17. The average molecular weight is 284 g/mol. The molecule has 20 heavy (non-hydrogen) atoms. The van der Waals surface area contributed by atoms with Gasteiger partial charge < -0.3 is 5.73 Å². The summed E-state index contributed by atoms with van der Waals surface area (Å²) < 4.78 is 0. The van der Waals surface area contributed by atoms with Crippen molar-refractivity contribution in [1.29, 1.82) is 0 Å². The first-order chi connectivity index (χ1) is 9.56. The second-order valence-electron chi connectivity index (χ2n) is 4.87. The minimum atomic E-state index is 0.491. The number of nitrogens with two attached hydrogens (primary N) is 1. The van der Waals surface area contributed by atoms with Crippen molar-refractivity contribution in [3.8, 4) is 11.4 Å². The molecule has 4 heteroatoms. The zero-order chi connectivity index (χ0) is 14.3. The second-order valence-corrected chi connectivity index (χ2v) is 5.27. The van der Waals surface area contributed by atoms with Crippen LogP contribution in [0.15, 0.2) is 36.4 Å². The van der Waals surface area contributed by atoms with Crippen LogP contribution in [-0.4, -0.2) is 9.97 Å². The molecule has 2 aromatic carbocycles. The third kappa shape index (κ3) is 2.10. The van der Waals surface area contributed by atoms with Crippen molar-refractivity contribution in [1.82, 2.24) is 9.97 Å². The van der Waals surface area contributed by atoms with E-state index in [9.17, 15) is 0 Å². The Morgan fingerprint density at radius 1 is 1.00 bits per heavy atom. The standard InChI is InChI=1S/C16H14ClN3/c1-9-6-7-11(8-13(9)17)16-19-14-10(2)4-3-5-12(14)15(18)20-16/h3-8H,1-2H3,(H2,18,19,20). The predicted molar refractivity (Wildman–Crippen MR) is 83.9 cm³/mol. The molecular formula is C16H14ClN3. The van der Waals surface area contributed by atoms with E-state index in [1.54, 1.807) is 0 Å². The quantitative estimate of drug-likeness (QED) is 0.730. The first-order valence-corrected chi connectivity index (χ1v) is 6.73. The summed E-state index contributed by atoms with van der Waals surface area (Å²) in [5.41, 5.74) is 9.91. The van der Waals surface area contributed by atoms with Gasteiger partial charge in [0.2, 0.25) is 0 Å². The predicted octanol–water partition coefficient (Wildman–Crippen LogP) is 4.15. The number of aromatic nitrogens is 2. The topological polar surface area (TPSA) is 51.8 Å². The van der Waals surface area contributed by atoms with Crippen LogP contribution in [0.25, 0.3) is 22.3 Å². The maximum absolute atomic E-state index is 6.17. The van der Waals surface area contributed by atoms with Crippen LogP contribution in [0.5, 0.6) is 0 Å². The molecule has 0 aliphatic rings. The number of anilines is 1. The van der Waals surface area contributed by atoms with Crippen LogP contribution in [-0.2, 0) is 0 Å². The Labute approximate surface area is 122 Å². The van der Waals surface area contributed by atoms with Crippen molar-refractivity contribution in [2.45, 2.75) is 13.8 Å². The highest BCUT2D eigenvalue weighted by Crippen LogP contribution is 2.27. The van der Waals surface area contributed by atoms with Gasteiger partial charge in [-0.2, -0.15) is 0 Å². The Morgan fingerprint density at radius 3 is 2.55 bits per heavy atom. The molecule has 1 aromatic heterocycles. The van der Waals surface area contributed by atoms with Gasteiger partial charge in [0.15, 0.2) is 5.82 Å². The highest BCUT2D eigenvalue weighted by molar-refractivity contribution is 6.31. The molecule has 0 radical (unpaired) electrons. The maximum Gasteiger partial charge on any atom is 0.162 e. The minimum absolute atomic E-state index is 0.491. The van der Waals surface area contributed by atoms with Gasteiger partial charge in [-0.3, -0.25) is 0 Å². The van der Waals surface area contributed by atoms with E-state index in [4.69, 9.17) is 17.3 Å². The lowest BCUT2D eigenvalue weighted by Crippen LogP contribution is -1.99. The molecule has 0 fully saturated rings. The van der Waals surface area contributed by atoms with E-state index in [0.717, 1.165) is 27.6 Å². The third-order valence-corrected chi connectivity index (χ3v) is 3.80. The number of aryl methyl sites for hydroxylation is 2. The van der Waals surface area contributed by atoms with Crippen molar-refractivity contribution in [2.75, 3.05) is 5.73 Å². The fourth-order valence-electron chi connectivity index (χ4n) is 2.18. The SMILES string of the molecule is Cc1ccc(-c2nc(N)c3cccc(C)c3n2)cc1Cl. The minimum Gasteiger partial charge on any atom is -0.383 e. The number of nitrogen functional groups attached to an aromatic ring is 1. The summed E-state index contributed by atoms with van der Waals surface area (Å²) in [7, 11) is 0. The van der Waals surface area contributed by atoms with Gasteiger partial charge in [0.05, 0.1) is 5.52 Å². The van der Waals surface area contributed by atoms with Crippen molar-refractivity contribution in [3.63, 3.8) is 0 Å². The van der Waals surface area contributed by atoms with Crippen molar-refractivity contribution >= 4 is 28.3 Å². The van der Waals surface area contributed by atoms with E-state index in [1.807, 2.05) is 50.2 Å². The number of halogens is 1. The summed E-state index contributed by atoms with van der Waals surface area (Å²) in [4.78, 5) is 9.02. The molecule has 0 aliphatic carbocycles. The lowest BCUT2D eigenvalue weighted by Gasteiger charge is -2.08. The van der Waals surface area contributed by atoms with Crippen LogP contribution in [0.2, 0.25) is 5.02 Å². The van der Waals surface area contributed by atoms with Crippen LogP contribution in [0.1, 0.15) is 11.1 Å². The number of para-hydroxylation sites is 1. The molecule has 0 spiro atoms. The summed E-state index contributed by atoms with van der Waals surface area (Å²) in [5.74, 6) is 1.09. The monoisotopic (exact) mass is 283 g/mol. The lowest BCUT2D eigenvalue weighted by molar-refractivity contribution is 1.22. The van der Waals surface area contributed by atoms with Crippen molar-refractivity contribution < 1.29 is 0 Å². The molecule has 0 unspecified atom stereocenters. The highest BCUT2D eigenvalue weighted by atomic mass is 35.5. The Kier molecular flexibility index (Phi) is 3.07. The fraction of sp³-hybridized carbons (Fsp3) is 0.125. The van der Waals surface area contributed by atoms with Crippen LogP contribution >= 0.6 is 11.6 Å². The normalized spacial score (nSPS) is 10.9. The smallest absolute Gasteiger partial charge is 0.162 e.